The first-order chi connectivity index (χ1) is 14.5. The van der Waals surface area contributed by atoms with E-state index < -0.39 is 6.04 Å². The SMILES string of the molecule is CC(C)[C@H](NC(=O)c1ccccc1Cl)C(=O)Nc1ccccc1Cc1ccccc1. The smallest absolute Gasteiger partial charge is 0.253 e. The van der Waals surface area contributed by atoms with E-state index in [4.69, 9.17) is 11.6 Å². The van der Waals surface area contributed by atoms with Gasteiger partial charge in [-0.05, 0) is 41.7 Å². The molecule has 2 amide bonds. The first-order valence-electron chi connectivity index (χ1n) is 9.94. The number of carbonyl (C=O) groups excluding carboxylic acids is 2. The molecule has 0 aliphatic heterocycles. The van der Waals surface area contributed by atoms with E-state index in [2.05, 4.69) is 22.8 Å². The fraction of sp³-hybridized carbons (Fsp3) is 0.200. The molecule has 0 spiro atoms. The van der Waals surface area contributed by atoms with Gasteiger partial charge in [0.1, 0.15) is 6.04 Å². The number of carbonyl (C=O) groups is 2. The van der Waals surface area contributed by atoms with Crippen LogP contribution in [-0.2, 0) is 11.2 Å². The largest absolute Gasteiger partial charge is 0.340 e. The lowest BCUT2D eigenvalue weighted by Gasteiger charge is -2.23. The average Bonchev–Trinajstić information content (AvgIpc) is 2.74. The molecule has 5 heteroatoms. The highest BCUT2D eigenvalue weighted by Crippen LogP contribution is 2.21. The highest BCUT2D eigenvalue weighted by atomic mass is 35.5. The van der Waals surface area contributed by atoms with E-state index in [1.807, 2.05) is 56.3 Å². The summed E-state index contributed by atoms with van der Waals surface area (Å²) in [6, 6.07) is 23.9. The molecule has 0 saturated carbocycles. The zero-order valence-corrected chi connectivity index (χ0v) is 17.8. The van der Waals surface area contributed by atoms with Gasteiger partial charge in [0, 0.05) is 5.69 Å². The maximum absolute atomic E-state index is 13.1. The monoisotopic (exact) mass is 420 g/mol. The molecule has 0 unspecified atom stereocenters. The second-order valence-corrected chi connectivity index (χ2v) is 7.89. The van der Waals surface area contributed by atoms with Crippen LogP contribution in [0.2, 0.25) is 5.02 Å². The van der Waals surface area contributed by atoms with Crippen LogP contribution < -0.4 is 10.6 Å². The second kappa shape index (κ2) is 10.1. The topological polar surface area (TPSA) is 58.2 Å². The molecule has 0 radical (unpaired) electrons. The molecule has 0 fully saturated rings. The lowest BCUT2D eigenvalue weighted by molar-refractivity contribution is -0.118. The Morgan fingerprint density at radius 1 is 0.867 bits per heavy atom. The number of anilines is 1. The van der Waals surface area contributed by atoms with E-state index in [1.165, 1.54) is 0 Å². The van der Waals surface area contributed by atoms with Crippen molar-refractivity contribution >= 4 is 29.1 Å². The van der Waals surface area contributed by atoms with Gasteiger partial charge in [-0.25, -0.2) is 0 Å². The number of rotatable bonds is 7. The van der Waals surface area contributed by atoms with Crippen molar-refractivity contribution in [2.24, 2.45) is 5.92 Å². The van der Waals surface area contributed by atoms with E-state index in [9.17, 15) is 9.59 Å². The van der Waals surface area contributed by atoms with Gasteiger partial charge in [0.05, 0.1) is 10.6 Å². The Morgan fingerprint density at radius 2 is 1.50 bits per heavy atom. The summed E-state index contributed by atoms with van der Waals surface area (Å²) >= 11 is 6.13. The van der Waals surface area contributed by atoms with Gasteiger partial charge in [0.15, 0.2) is 0 Å². The van der Waals surface area contributed by atoms with Crippen molar-refractivity contribution in [1.29, 1.82) is 0 Å². The number of hydrogen-bond donors (Lipinski definition) is 2. The lowest BCUT2D eigenvalue weighted by Crippen LogP contribution is -2.47. The van der Waals surface area contributed by atoms with Crippen LogP contribution >= 0.6 is 11.6 Å². The van der Waals surface area contributed by atoms with E-state index >= 15 is 0 Å². The lowest BCUT2D eigenvalue weighted by atomic mass is 10.0. The van der Waals surface area contributed by atoms with Gasteiger partial charge >= 0.3 is 0 Å². The zero-order chi connectivity index (χ0) is 21.5. The summed E-state index contributed by atoms with van der Waals surface area (Å²) in [5, 5.41) is 6.18. The Kier molecular flexibility index (Phi) is 7.26. The number of nitrogens with one attached hydrogen (secondary N) is 2. The summed E-state index contributed by atoms with van der Waals surface area (Å²) in [7, 11) is 0. The minimum absolute atomic E-state index is 0.0993. The first kappa shape index (κ1) is 21.6. The molecule has 3 rings (SSSR count). The van der Waals surface area contributed by atoms with Crippen LogP contribution in [0.4, 0.5) is 5.69 Å². The standard InChI is InChI=1S/C25H25ClN2O2/c1-17(2)23(28-24(29)20-13-7-8-14-21(20)26)25(30)27-22-15-9-6-12-19(22)16-18-10-4-3-5-11-18/h3-15,17,23H,16H2,1-2H3,(H,27,30)(H,28,29)/t23-/m0/s1. The van der Waals surface area contributed by atoms with Crippen molar-refractivity contribution in [2.45, 2.75) is 26.3 Å². The molecule has 0 aliphatic carbocycles. The molecular weight excluding hydrogens is 396 g/mol. The van der Waals surface area contributed by atoms with Crippen molar-refractivity contribution in [1.82, 2.24) is 5.32 Å². The van der Waals surface area contributed by atoms with Gasteiger partial charge in [0.2, 0.25) is 5.91 Å². The van der Waals surface area contributed by atoms with E-state index in [-0.39, 0.29) is 17.7 Å². The molecule has 3 aromatic rings. The normalized spacial score (nSPS) is 11.7. The van der Waals surface area contributed by atoms with Crippen molar-refractivity contribution in [3.05, 3.63) is 101 Å². The van der Waals surface area contributed by atoms with Gasteiger partial charge in [-0.1, -0.05) is 86.1 Å². The summed E-state index contributed by atoms with van der Waals surface area (Å²) in [6.45, 7) is 3.79. The molecule has 0 bridgehead atoms. The molecule has 0 saturated heterocycles. The van der Waals surface area contributed by atoms with Crippen molar-refractivity contribution in [3.8, 4) is 0 Å². The molecule has 0 heterocycles. The van der Waals surface area contributed by atoms with Gasteiger partial charge < -0.3 is 10.6 Å². The van der Waals surface area contributed by atoms with Crippen LogP contribution in [0, 0.1) is 5.92 Å². The molecule has 3 aromatic carbocycles. The van der Waals surface area contributed by atoms with Crippen molar-refractivity contribution in [3.63, 3.8) is 0 Å². The van der Waals surface area contributed by atoms with Crippen molar-refractivity contribution < 1.29 is 9.59 Å². The summed E-state index contributed by atoms with van der Waals surface area (Å²) in [6.07, 6.45) is 0.704. The quantitative estimate of drug-likeness (QED) is 0.543. The fourth-order valence-corrected chi connectivity index (χ4v) is 3.44. The highest BCUT2D eigenvalue weighted by molar-refractivity contribution is 6.33. The van der Waals surface area contributed by atoms with Crippen LogP contribution in [0.25, 0.3) is 0 Å². The van der Waals surface area contributed by atoms with Gasteiger partial charge in [0.25, 0.3) is 5.91 Å². The third kappa shape index (κ3) is 5.49. The number of hydrogen-bond acceptors (Lipinski definition) is 2. The maximum Gasteiger partial charge on any atom is 0.253 e. The Bertz CT molecular complexity index is 1020. The summed E-state index contributed by atoms with van der Waals surface area (Å²) in [5.41, 5.74) is 3.26. The van der Waals surface area contributed by atoms with Crippen LogP contribution in [-0.4, -0.2) is 17.9 Å². The zero-order valence-electron chi connectivity index (χ0n) is 17.1. The molecule has 4 nitrogen and oxygen atoms in total. The number of halogens is 1. The molecule has 2 N–H and O–H groups in total. The number of para-hydroxylation sites is 1. The molecule has 0 aromatic heterocycles. The molecular formula is C25H25ClN2O2. The van der Waals surface area contributed by atoms with E-state index in [0.29, 0.717) is 17.0 Å². The van der Waals surface area contributed by atoms with Crippen LogP contribution in [0.3, 0.4) is 0 Å². The Labute approximate surface area is 182 Å². The van der Waals surface area contributed by atoms with Crippen molar-refractivity contribution in [2.75, 3.05) is 5.32 Å². The molecule has 154 valence electrons. The van der Waals surface area contributed by atoms with Crippen LogP contribution in [0.15, 0.2) is 78.9 Å². The van der Waals surface area contributed by atoms with Gasteiger partial charge in [-0.3, -0.25) is 9.59 Å². The highest BCUT2D eigenvalue weighted by Gasteiger charge is 2.26. The summed E-state index contributed by atoms with van der Waals surface area (Å²) in [5.74, 6) is -0.726. The summed E-state index contributed by atoms with van der Waals surface area (Å²) < 4.78 is 0. The Balaban J connectivity index is 1.76. The maximum atomic E-state index is 13.1. The first-order valence-corrected chi connectivity index (χ1v) is 10.3. The second-order valence-electron chi connectivity index (χ2n) is 7.48. The van der Waals surface area contributed by atoms with E-state index in [0.717, 1.165) is 16.8 Å². The van der Waals surface area contributed by atoms with Gasteiger partial charge in [-0.2, -0.15) is 0 Å². The number of benzene rings is 3. The third-order valence-electron chi connectivity index (χ3n) is 4.87. The minimum Gasteiger partial charge on any atom is -0.340 e. The summed E-state index contributed by atoms with van der Waals surface area (Å²) in [4.78, 5) is 25.7. The molecule has 30 heavy (non-hydrogen) atoms. The van der Waals surface area contributed by atoms with E-state index in [1.54, 1.807) is 24.3 Å². The molecule has 1 atom stereocenters. The number of amides is 2. The van der Waals surface area contributed by atoms with Crippen LogP contribution in [0.1, 0.15) is 35.3 Å². The van der Waals surface area contributed by atoms with Crippen LogP contribution in [0.5, 0.6) is 0 Å². The fourth-order valence-electron chi connectivity index (χ4n) is 3.22. The predicted octanol–water partition coefficient (Wildman–Crippen LogP) is 5.32. The Hall–Kier alpha value is -3.11. The molecule has 0 aliphatic rings. The van der Waals surface area contributed by atoms with Gasteiger partial charge in [-0.15, -0.1) is 0 Å². The Morgan fingerprint density at radius 3 is 2.20 bits per heavy atom. The predicted molar refractivity (Wildman–Crippen MR) is 122 cm³/mol. The minimum atomic E-state index is -0.696. The average molecular weight is 421 g/mol. The third-order valence-corrected chi connectivity index (χ3v) is 5.20.